The summed E-state index contributed by atoms with van der Waals surface area (Å²) in [5, 5.41) is 3.56. The highest BCUT2D eigenvalue weighted by atomic mass is 35.5. The van der Waals surface area contributed by atoms with E-state index in [4.69, 9.17) is 16.3 Å². The van der Waals surface area contributed by atoms with Gasteiger partial charge in [0.1, 0.15) is 5.75 Å². The molecule has 0 radical (unpaired) electrons. The number of nitrogens with one attached hydrogen (secondary N) is 1. The molecular formula is C23H22ClNO2. The van der Waals surface area contributed by atoms with Gasteiger partial charge in [0.15, 0.2) is 0 Å². The Morgan fingerprint density at radius 3 is 2.37 bits per heavy atom. The second-order valence-electron chi connectivity index (χ2n) is 6.53. The summed E-state index contributed by atoms with van der Waals surface area (Å²) in [4.78, 5) is 12.9. The minimum absolute atomic E-state index is 0.187. The molecule has 3 rings (SSSR count). The molecule has 1 N–H and O–H groups in total. The standard InChI is InChI=1S/C23H22ClNO2/c1-15-9-11-19(16(2)13-15)22(17-7-5-4-6-8-17)25-23(26)18-10-12-21(27-3)20(24)14-18/h4-14,22H,1-3H3,(H,25,26). The van der Waals surface area contributed by atoms with Gasteiger partial charge in [-0.2, -0.15) is 0 Å². The van der Waals surface area contributed by atoms with Crippen LogP contribution in [0.3, 0.4) is 0 Å². The number of amides is 1. The zero-order valence-electron chi connectivity index (χ0n) is 15.6. The van der Waals surface area contributed by atoms with E-state index in [1.165, 1.54) is 5.56 Å². The number of methoxy groups -OCH3 is 1. The van der Waals surface area contributed by atoms with E-state index in [9.17, 15) is 4.79 Å². The maximum atomic E-state index is 12.9. The molecule has 0 fully saturated rings. The average Bonchev–Trinajstić information content (AvgIpc) is 2.67. The number of ether oxygens (including phenoxy) is 1. The Balaban J connectivity index is 1.96. The first kappa shape index (κ1) is 19.0. The Labute approximate surface area is 164 Å². The van der Waals surface area contributed by atoms with Gasteiger partial charge in [-0.05, 0) is 48.7 Å². The molecule has 1 amide bonds. The van der Waals surface area contributed by atoms with Crippen molar-refractivity contribution >= 4 is 17.5 Å². The van der Waals surface area contributed by atoms with E-state index in [0.717, 1.165) is 16.7 Å². The molecule has 1 unspecified atom stereocenters. The van der Waals surface area contributed by atoms with Gasteiger partial charge in [-0.15, -0.1) is 0 Å². The van der Waals surface area contributed by atoms with Gasteiger partial charge < -0.3 is 10.1 Å². The molecule has 0 aliphatic carbocycles. The molecule has 0 saturated carbocycles. The number of carbonyl (C=O) groups is 1. The summed E-state index contributed by atoms with van der Waals surface area (Å²) in [6.45, 7) is 4.13. The minimum atomic E-state index is -0.250. The first-order chi connectivity index (χ1) is 13.0. The number of aryl methyl sites for hydroxylation is 2. The quantitative estimate of drug-likeness (QED) is 0.637. The van der Waals surface area contributed by atoms with Crippen molar-refractivity contribution in [2.75, 3.05) is 7.11 Å². The molecule has 27 heavy (non-hydrogen) atoms. The molecule has 0 heterocycles. The Morgan fingerprint density at radius 2 is 1.74 bits per heavy atom. The summed E-state index contributed by atoms with van der Waals surface area (Å²) in [6.07, 6.45) is 0. The number of hydrogen-bond donors (Lipinski definition) is 1. The summed E-state index contributed by atoms with van der Waals surface area (Å²) in [6, 6.07) is 21.0. The lowest BCUT2D eigenvalue weighted by atomic mass is 9.93. The first-order valence-corrected chi connectivity index (χ1v) is 9.14. The summed E-state index contributed by atoms with van der Waals surface area (Å²) in [5.41, 5.74) is 4.91. The highest BCUT2D eigenvalue weighted by Crippen LogP contribution is 2.28. The molecule has 0 spiro atoms. The lowest BCUT2D eigenvalue weighted by Gasteiger charge is -2.22. The average molecular weight is 380 g/mol. The van der Waals surface area contributed by atoms with Crippen LogP contribution >= 0.6 is 11.6 Å². The largest absolute Gasteiger partial charge is 0.495 e. The van der Waals surface area contributed by atoms with Gasteiger partial charge in [0, 0.05) is 5.56 Å². The van der Waals surface area contributed by atoms with Crippen molar-refractivity contribution in [3.8, 4) is 5.75 Å². The predicted molar refractivity (Wildman–Crippen MR) is 110 cm³/mol. The van der Waals surface area contributed by atoms with E-state index < -0.39 is 0 Å². The summed E-state index contributed by atoms with van der Waals surface area (Å²) in [7, 11) is 1.55. The lowest BCUT2D eigenvalue weighted by molar-refractivity contribution is 0.0943. The van der Waals surface area contributed by atoms with Crippen molar-refractivity contribution in [3.63, 3.8) is 0 Å². The maximum absolute atomic E-state index is 12.9. The van der Waals surface area contributed by atoms with Crippen molar-refractivity contribution in [2.45, 2.75) is 19.9 Å². The van der Waals surface area contributed by atoms with Crippen LogP contribution in [0.2, 0.25) is 5.02 Å². The molecular weight excluding hydrogens is 358 g/mol. The molecule has 1 atom stereocenters. The monoisotopic (exact) mass is 379 g/mol. The fourth-order valence-electron chi connectivity index (χ4n) is 3.16. The molecule has 0 aliphatic heterocycles. The van der Waals surface area contributed by atoms with E-state index in [1.54, 1.807) is 25.3 Å². The van der Waals surface area contributed by atoms with Crippen LogP contribution in [0.5, 0.6) is 5.75 Å². The number of carbonyl (C=O) groups excluding carboxylic acids is 1. The third kappa shape index (κ3) is 4.32. The van der Waals surface area contributed by atoms with E-state index >= 15 is 0 Å². The van der Waals surface area contributed by atoms with Crippen LogP contribution in [0, 0.1) is 13.8 Å². The van der Waals surface area contributed by atoms with Crippen molar-refractivity contribution in [1.29, 1.82) is 0 Å². The smallest absolute Gasteiger partial charge is 0.252 e. The fourth-order valence-corrected chi connectivity index (χ4v) is 3.42. The molecule has 0 saturated heterocycles. The highest BCUT2D eigenvalue weighted by Gasteiger charge is 2.20. The fraction of sp³-hybridized carbons (Fsp3) is 0.174. The molecule has 0 bridgehead atoms. The Morgan fingerprint density at radius 1 is 1.00 bits per heavy atom. The van der Waals surface area contributed by atoms with E-state index in [2.05, 4.69) is 37.4 Å². The second kappa shape index (κ2) is 8.28. The van der Waals surface area contributed by atoms with Gasteiger partial charge in [-0.1, -0.05) is 65.7 Å². The molecule has 3 aromatic rings. The van der Waals surface area contributed by atoms with Crippen molar-refractivity contribution in [2.24, 2.45) is 0 Å². The van der Waals surface area contributed by atoms with E-state index in [-0.39, 0.29) is 11.9 Å². The van der Waals surface area contributed by atoms with Crippen LogP contribution in [0.1, 0.15) is 38.7 Å². The predicted octanol–water partition coefficient (Wildman–Crippen LogP) is 5.48. The second-order valence-corrected chi connectivity index (χ2v) is 6.93. The molecule has 3 nitrogen and oxygen atoms in total. The topological polar surface area (TPSA) is 38.3 Å². The third-order valence-corrected chi connectivity index (χ3v) is 4.85. The van der Waals surface area contributed by atoms with Crippen LogP contribution in [0.25, 0.3) is 0 Å². The maximum Gasteiger partial charge on any atom is 0.252 e. The lowest BCUT2D eigenvalue weighted by Crippen LogP contribution is -2.29. The van der Waals surface area contributed by atoms with E-state index in [0.29, 0.717) is 16.3 Å². The summed E-state index contributed by atoms with van der Waals surface area (Å²) in [5.74, 6) is 0.357. The van der Waals surface area contributed by atoms with Crippen LogP contribution in [0.15, 0.2) is 66.7 Å². The number of benzene rings is 3. The third-order valence-electron chi connectivity index (χ3n) is 4.56. The Hall–Kier alpha value is -2.78. The normalized spacial score (nSPS) is 11.7. The van der Waals surface area contributed by atoms with Gasteiger partial charge in [-0.3, -0.25) is 4.79 Å². The minimum Gasteiger partial charge on any atom is -0.495 e. The van der Waals surface area contributed by atoms with Crippen molar-refractivity contribution < 1.29 is 9.53 Å². The molecule has 0 aliphatic rings. The summed E-state index contributed by atoms with van der Waals surface area (Å²) >= 11 is 6.18. The highest BCUT2D eigenvalue weighted by molar-refractivity contribution is 6.32. The SMILES string of the molecule is COc1ccc(C(=O)NC(c2ccccc2)c2ccc(C)cc2C)cc1Cl. The van der Waals surface area contributed by atoms with Gasteiger partial charge in [0.2, 0.25) is 0 Å². The molecule has 0 aromatic heterocycles. The Kier molecular flexibility index (Phi) is 5.82. The van der Waals surface area contributed by atoms with Crippen LogP contribution in [-0.4, -0.2) is 13.0 Å². The molecule has 3 aromatic carbocycles. The molecule has 4 heteroatoms. The van der Waals surface area contributed by atoms with Gasteiger partial charge in [0.05, 0.1) is 18.2 Å². The molecule has 138 valence electrons. The van der Waals surface area contributed by atoms with Gasteiger partial charge >= 0.3 is 0 Å². The summed E-state index contributed by atoms with van der Waals surface area (Å²) < 4.78 is 5.16. The zero-order valence-corrected chi connectivity index (χ0v) is 16.4. The number of rotatable bonds is 5. The van der Waals surface area contributed by atoms with Crippen LogP contribution in [0.4, 0.5) is 0 Å². The van der Waals surface area contributed by atoms with Crippen LogP contribution in [-0.2, 0) is 0 Å². The van der Waals surface area contributed by atoms with Crippen molar-refractivity contribution in [1.82, 2.24) is 5.32 Å². The number of hydrogen-bond acceptors (Lipinski definition) is 2. The Bertz CT molecular complexity index is 954. The van der Waals surface area contributed by atoms with Gasteiger partial charge in [-0.25, -0.2) is 0 Å². The van der Waals surface area contributed by atoms with Crippen molar-refractivity contribution in [3.05, 3.63) is 99.6 Å². The van der Waals surface area contributed by atoms with E-state index in [1.807, 2.05) is 30.3 Å². The number of halogens is 1. The van der Waals surface area contributed by atoms with Crippen LogP contribution < -0.4 is 10.1 Å². The van der Waals surface area contributed by atoms with Gasteiger partial charge in [0.25, 0.3) is 5.91 Å². The zero-order chi connectivity index (χ0) is 19.4. The first-order valence-electron chi connectivity index (χ1n) is 8.76.